The first-order chi connectivity index (χ1) is 12.7. The summed E-state index contributed by atoms with van der Waals surface area (Å²) in [5.74, 6) is -0.854. The molecule has 1 aromatic carbocycles. The summed E-state index contributed by atoms with van der Waals surface area (Å²) in [6, 6.07) is 5.89. The summed E-state index contributed by atoms with van der Waals surface area (Å²) in [6.07, 6.45) is 1.21. The van der Waals surface area contributed by atoms with Crippen molar-refractivity contribution in [2.24, 2.45) is 0 Å². The van der Waals surface area contributed by atoms with E-state index in [1.165, 1.54) is 16.7 Å². The lowest BCUT2D eigenvalue weighted by atomic mass is 10.0. The van der Waals surface area contributed by atoms with Crippen LogP contribution in [0.15, 0.2) is 29.1 Å². The number of halogens is 1. The lowest BCUT2D eigenvalue weighted by molar-refractivity contribution is 0.0971. The Balaban J connectivity index is 1.94. The summed E-state index contributed by atoms with van der Waals surface area (Å²) in [5, 5.41) is 10.3. The molecule has 0 amide bonds. The summed E-state index contributed by atoms with van der Waals surface area (Å²) in [7, 11) is 1.95. The van der Waals surface area contributed by atoms with Crippen LogP contribution in [0.1, 0.15) is 48.6 Å². The van der Waals surface area contributed by atoms with E-state index in [0.29, 0.717) is 18.8 Å². The molecule has 0 saturated heterocycles. The van der Waals surface area contributed by atoms with Gasteiger partial charge in [0.1, 0.15) is 11.6 Å². The molecule has 7 heteroatoms. The zero-order valence-corrected chi connectivity index (χ0v) is 15.8. The van der Waals surface area contributed by atoms with E-state index in [9.17, 15) is 19.1 Å². The highest BCUT2D eigenvalue weighted by atomic mass is 19.1. The monoisotopic (exact) mass is 373 g/mol. The lowest BCUT2D eigenvalue weighted by Crippen LogP contribution is -2.42. The smallest absolute Gasteiger partial charge is 0.296 e. The number of ketones is 1. The van der Waals surface area contributed by atoms with E-state index in [2.05, 4.69) is 9.88 Å². The Kier molecular flexibility index (Phi) is 5.15. The number of benzene rings is 1. The maximum Gasteiger partial charge on any atom is 0.296 e. The van der Waals surface area contributed by atoms with Crippen LogP contribution in [0.2, 0.25) is 0 Å². The topological polar surface area (TPSA) is 75.4 Å². The van der Waals surface area contributed by atoms with Gasteiger partial charge in [-0.15, -0.1) is 0 Å². The Bertz CT molecular complexity index is 919. The van der Waals surface area contributed by atoms with Crippen molar-refractivity contribution in [2.45, 2.75) is 45.2 Å². The molecule has 27 heavy (non-hydrogen) atoms. The van der Waals surface area contributed by atoms with Gasteiger partial charge in [0.15, 0.2) is 11.5 Å². The fraction of sp³-hybridized carbons (Fsp3) is 0.450. The van der Waals surface area contributed by atoms with Gasteiger partial charge in [-0.25, -0.2) is 9.37 Å². The highest BCUT2D eigenvalue weighted by molar-refractivity contribution is 5.96. The second-order valence-electron chi connectivity index (χ2n) is 7.47. The molecule has 1 aliphatic rings. The van der Waals surface area contributed by atoms with Crippen LogP contribution < -0.4 is 5.56 Å². The van der Waals surface area contributed by atoms with Gasteiger partial charge in [-0.3, -0.25) is 19.1 Å². The van der Waals surface area contributed by atoms with Gasteiger partial charge in [-0.1, -0.05) is 12.1 Å². The Morgan fingerprint density at radius 2 is 1.93 bits per heavy atom. The number of carbonyl (C=O) groups is 1. The SMILES string of the molecule is CN1CCCn2c(nc(C(=O)CCc3ccc(F)cc3)c(O)c2=O)C1(C)C. The zero-order chi connectivity index (χ0) is 19.8. The Morgan fingerprint density at radius 1 is 1.26 bits per heavy atom. The molecule has 3 rings (SSSR count). The predicted molar refractivity (Wildman–Crippen MR) is 99.5 cm³/mol. The van der Waals surface area contributed by atoms with E-state index in [1.807, 2.05) is 20.9 Å². The standard InChI is InChI=1S/C20H24FN3O3/c1-20(2)19-22-16(15(25)10-7-13-5-8-14(21)9-6-13)17(26)18(27)24(19)12-4-11-23(20)3/h5-6,8-9,26H,4,7,10-12H2,1-3H3. The molecule has 1 N–H and O–H groups in total. The fourth-order valence-corrected chi connectivity index (χ4v) is 3.36. The second kappa shape index (κ2) is 7.23. The number of Topliss-reactive ketones (excluding diaryl/α,β-unsaturated/α-hetero) is 1. The Hall–Kier alpha value is -2.54. The highest BCUT2D eigenvalue weighted by Gasteiger charge is 2.35. The fourth-order valence-electron chi connectivity index (χ4n) is 3.36. The van der Waals surface area contributed by atoms with Gasteiger partial charge in [0.25, 0.3) is 5.56 Å². The van der Waals surface area contributed by atoms with Crippen LogP contribution in [0, 0.1) is 5.82 Å². The number of aromatic hydroxyl groups is 1. The normalized spacial score (nSPS) is 16.6. The average Bonchev–Trinajstić information content (AvgIpc) is 2.74. The van der Waals surface area contributed by atoms with Crippen molar-refractivity contribution in [3.63, 3.8) is 0 Å². The van der Waals surface area contributed by atoms with Crippen LogP contribution >= 0.6 is 0 Å². The quantitative estimate of drug-likeness (QED) is 0.834. The second-order valence-corrected chi connectivity index (χ2v) is 7.47. The molecule has 0 spiro atoms. The van der Waals surface area contributed by atoms with Gasteiger partial charge in [-0.05, 0) is 51.4 Å². The summed E-state index contributed by atoms with van der Waals surface area (Å²) < 4.78 is 14.5. The minimum atomic E-state index is -0.594. The molecule has 0 fully saturated rings. The third kappa shape index (κ3) is 3.64. The van der Waals surface area contributed by atoms with Crippen molar-refractivity contribution in [1.29, 1.82) is 0 Å². The van der Waals surface area contributed by atoms with Crippen LogP contribution in [0.5, 0.6) is 5.75 Å². The molecule has 0 unspecified atom stereocenters. The molecule has 0 aliphatic carbocycles. The molecule has 0 bridgehead atoms. The minimum Gasteiger partial charge on any atom is -0.501 e. The van der Waals surface area contributed by atoms with E-state index in [-0.39, 0.29) is 17.9 Å². The van der Waals surface area contributed by atoms with E-state index in [0.717, 1.165) is 18.5 Å². The van der Waals surface area contributed by atoms with Crippen molar-refractivity contribution in [1.82, 2.24) is 14.5 Å². The van der Waals surface area contributed by atoms with Crippen LogP contribution in [0.4, 0.5) is 4.39 Å². The van der Waals surface area contributed by atoms with Crippen molar-refractivity contribution >= 4 is 5.78 Å². The van der Waals surface area contributed by atoms with Gasteiger partial charge < -0.3 is 5.11 Å². The summed E-state index contributed by atoms with van der Waals surface area (Å²) in [5.41, 5.74) is -0.504. The summed E-state index contributed by atoms with van der Waals surface area (Å²) in [4.78, 5) is 31.8. The van der Waals surface area contributed by atoms with E-state index in [4.69, 9.17) is 0 Å². The number of hydrogen-bond donors (Lipinski definition) is 1. The lowest BCUT2D eigenvalue weighted by Gasteiger charge is -2.33. The molecule has 0 atom stereocenters. The minimum absolute atomic E-state index is 0.0748. The number of aryl methyl sites for hydroxylation is 1. The first-order valence-corrected chi connectivity index (χ1v) is 9.05. The molecular weight excluding hydrogens is 349 g/mol. The Morgan fingerprint density at radius 3 is 2.59 bits per heavy atom. The maximum absolute atomic E-state index is 13.0. The Labute approximate surface area is 157 Å². The van der Waals surface area contributed by atoms with Crippen LogP contribution in [-0.2, 0) is 18.5 Å². The van der Waals surface area contributed by atoms with Crippen molar-refractivity contribution in [2.75, 3.05) is 13.6 Å². The van der Waals surface area contributed by atoms with E-state index < -0.39 is 22.6 Å². The number of nitrogens with zero attached hydrogens (tertiary/aromatic N) is 3. The number of rotatable bonds is 4. The summed E-state index contributed by atoms with van der Waals surface area (Å²) >= 11 is 0. The van der Waals surface area contributed by atoms with E-state index in [1.54, 1.807) is 12.1 Å². The first kappa shape index (κ1) is 19.2. The molecule has 1 aliphatic heterocycles. The molecule has 1 aromatic heterocycles. The molecule has 0 radical (unpaired) electrons. The number of hydrogen-bond acceptors (Lipinski definition) is 5. The number of carbonyl (C=O) groups excluding carboxylic acids is 1. The number of fused-ring (bicyclic) bond motifs is 1. The molecule has 6 nitrogen and oxygen atoms in total. The van der Waals surface area contributed by atoms with E-state index >= 15 is 0 Å². The van der Waals surface area contributed by atoms with Crippen molar-refractivity contribution < 1.29 is 14.3 Å². The average molecular weight is 373 g/mol. The molecular formula is C20H24FN3O3. The zero-order valence-electron chi connectivity index (χ0n) is 15.8. The molecule has 2 heterocycles. The van der Waals surface area contributed by atoms with Gasteiger partial charge in [0.05, 0.1) is 5.54 Å². The van der Waals surface area contributed by atoms with Crippen LogP contribution in [0.3, 0.4) is 0 Å². The third-order valence-electron chi connectivity index (χ3n) is 5.34. The van der Waals surface area contributed by atoms with Gasteiger partial charge in [0.2, 0.25) is 5.75 Å². The van der Waals surface area contributed by atoms with Crippen molar-refractivity contribution in [3.05, 3.63) is 57.5 Å². The highest BCUT2D eigenvalue weighted by Crippen LogP contribution is 2.29. The number of aromatic nitrogens is 2. The maximum atomic E-state index is 13.0. The molecule has 144 valence electrons. The molecule has 0 saturated carbocycles. The largest absolute Gasteiger partial charge is 0.501 e. The third-order valence-corrected chi connectivity index (χ3v) is 5.34. The van der Waals surface area contributed by atoms with Gasteiger partial charge in [0, 0.05) is 19.5 Å². The first-order valence-electron chi connectivity index (χ1n) is 9.05. The summed E-state index contributed by atoms with van der Waals surface area (Å²) in [6.45, 7) is 5.12. The van der Waals surface area contributed by atoms with Crippen LogP contribution in [-0.4, -0.2) is 38.9 Å². The molecule has 2 aromatic rings. The van der Waals surface area contributed by atoms with Gasteiger partial charge in [-0.2, -0.15) is 0 Å². The van der Waals surface area contributed by atoms with Crippen molar-refractivity contribution in [3.8, 4) is 5.75 Å². The van der Waals surface area contributed by atoms with Gasteiger partial charge >= 0.3 is 0 Å². The van der Waals surface area contributed by atoms with Crippen LogP contribution in [0.25, 0.3) is 0 Å². The predicted octanol–water partition coefficient (Wildman–Crippen LogP) is 2.47.